The molecule has 0 bridgehead atoms. The Hall–Kier alpha value is -2.48. The average Bonchev–Trinajstić information content (AvgIpc) is 2.66. The standard InChI is InChI=1S/C21H19Cl2N3O3S/c1-13-6-4-5-7-17(13)18-11-24-21(30(3,28)29)25-19(18)20(27)26(2)12-14-8-15(22)10-16(23)9-14/h4-11H,12H2,1-3H3. The number of hydrogen-bond donors (Lipinski definition) is 0. The van der Waals surface area contributed by atoms with Gasteiger partial charge >= 0.3 is 0 Å². The molecular weight excluding hydrogens is 445 g/mol. The highest BCUT2D eigenvalue weighted by Gasteiger charge is 2.24. The van der Waals surface area contributed by atoms with E-state index in [0.717, 1.165) is 22.9 Å². The zero-order valence-electron chi connectivity index (χ0n) is 16.6. The van der Waals surface area contributed by atoms with Gasteiger partial charge in [-0.25, -0.2) is 18.4 Å². The van der Waals surface area contributed by atoms with Crippen LogP contribution in [-0.4, -0.2) is 42.5 Å². The predicted octanol–water partition coefficient (Wildman–Crippen LogP) is 4.43. The zero-order chi connectivity index (χ0) is 22.1. The van der Waals surface area contributed by atoms with Crippen LogP contribution in [0.2, 0.25) is 10.0 Å². The lowest BCUT2D eigenvalue weighted by molar-refractivity contribution is 0.0779. The summed E-state index contributed by atoms with van der Waals surface area (Å²) in [6.45, 7) is 2.11. The first-order valence-corrected chi connectivity index (χ1v) is 11.5. The summed E-state index contributed by atoms with van der Waals surface area (Å²) in [5, 5.41) is 0.517. The fourth-order valence-corrected chi connectivity index (χ4v) is 4.08. The molecule has 0 unspecified atom stereocenters. The third-order valence-corrected chi connectivity index (χ3v) is 5.72. The van der Waals surface area contributed by atoms with E-state index in [2.05, 4.69) is 9.97 Å². The first-order chi connectivity index (χ1) is 14.1. The van der Waals surface area contributed by atoms with Gasteiger partial charge in [-0.3, -0.25) is 4.79 Å². The number of carbonyl (C=O) groups excluding carboxylic acids is 1. The fraction of sp³-hybridized carbons (Fsp3) is 0.190. The van der Waals surface area contributed by atoms with Crippen LogP contribution in [0.5, 0.6) is 0 Å². The van der Waals surface area contributed by atoms with E-state index in [1.165, 1.54) is 11.1 Å². The van der Waals surface area contributed by atoms with E-state index in [4.69, 9.17) is 23.2 Å². The van der Waals surface area contributed by atoms with Crippen molar-refractivity contribution in [3.05, 3.63) is 75.5 Å². The highest BCUT2D eigenvalue weighted by Crippen LogP contribution is 2.27. The van der Waals surface area contributed by atoms with Crippen molar-refractivity contribution in [3.8, 4) is 11.1 Å². The van der Waals surface area contributed by atoms with Gasteiger partial charge in [0.2, 0.25) is 15.0 Å². The molecule has 1 amide bonds. The molecule has 0 saturated carbocycles. The number of halogens is 2. The van der Waals surface area contributed by atoms with Crippen LogP contribution < -0.4 is 0 Å². The van der Waals surface area contributed by atoms with E-state index >= 15 is 0 Å². The fourth-order valence-electron chi connectivity index (χ4n) is 3.01. The molecule has 6 nitrogen and oxygen atoms in total. The van der Waals surface area contributed by atoms with Crippen LogP contribution in [-0.2, 0) is 16.4 Å². The number of rotatable bonds is 5. The highest BCUT2D eigenvalue weighted by molar-refractivity contribution is 7.90. The number of sulfone groups is 1. The molecule has 0 aliphatic heterocycles. The number of benzene rings is 2. The second-order valence-corrected chi connectivity index (χ2v) is 9.72. The second-order valence-electron chi connectivity index (χ2n) is 6.94. The molecule has 3 rings (SSSR count). The predicted molar refractivity (Wildman–Crippen MR) is 118 cm³/mol. The zero-order valence-corrected chi connectivity index (χ0v) is 18.9. The van der Waals surface area contributed by atoms with E-state index in [-0.39, 0.29) is 12.2 Å². The Bertz CT molecular complexity index is 1210. The van der Waals surface area contributed by atoms with E-state index in [1.807, 2.05) is 31.2 Å². The van der Waals surface area contributed by atoms with Gasteiger partial charge in [0.15, 0.2) is 0 Å². The van der Waals surface area contributed by atoms with Gasteiger partial charge in [0.1, 0.15) is 5.69 Å². The topological polar surface area (TPSA) is 80.2 Å². The lowest BCUT2D eigenvalue weighted by Crippen LogP contribution is -2.28. The summed E-state index contributed by atoms with van der Waals surface area (Å²) in [6, 6.07) is 12.5. The number of carbonyl (C=O) groups is 1. The normalized spacial score (nSPS) is 11.4. The Morgan fingerprint density at radius 3 is 2.30 bits per heavy atom. The molecular formula is C21H19Cl2N3O3S. The molecule has 156 valence electrons. The summed E-state index contributed by atoms with van der Waals surface area (Å²) in [7, 11) is -2.09. The second kappa shape index (κ2) is 8.71. The van der Waals surface area contributed by atoms with Crippen molar-refractivity contribution in [1.82, 2.24) is 14.9 Å². The maximum atomic E-state index is 13.3. The quantitative estimate of drug-likeness (QED) is 0.522. The Balaban J connectivity index is 2.07. The van der Waals surface area contributed by atoms with Crippen LogP contribution in [0.4, 0.5) is 0 Å². The summed E-state index contributed by atoms with van der Waals surface area (Å²) >= 11 is 12.1. The molecule has 0 aliphatic rings. The van der Waals surface area contributed by atoms with Gasteiger partial charge in [0, 0.05) is 41.7 Å². The molecule has 9 heteroatoms. The molecule has 0 aliphatic carbocycles. The lowest BCUT2D eigenvalue weighted by atomic mass is 10.00. The Morgan fingerprint density at radius 1 is 1.07 bits per heavy atom. The van der Waals surface area contributed by atoms with Gasteiger partial charge in [-0.1, -0.05) is 47.5 Å². The largest absolute Gasteiger partial charge is 0.336 e. The molecule has 2 aromatic carbocycles. The van der Waals surface area contributed by atoms with Crippen molar-refractivity contribution in [2.24, 2.45) is 0 Å². The SMILES string of the molecule is Cc1ccccc1-c1cnc(S(C)(=O)=O)nc1C(=O)N(C)Cc1cc(Cl)cc(Cl)c1. The van der Waals surface area contributed by atoms with E-state index < -0.39 is 20.9 Å². The Labute approximate surface area is 185 Å². The minimum atomic E-state index is -3.69. The first kappa shape index (κ1) is 22.2. The maximum absolute atomic E-state index is 13.3. The summed E-state index contributed by atoms with van der Waals surface area (Å²) in [4.78, 5) is 22.8. The number of nitrogens with zero attached hydrogens (tertiary/aromatic N) is 3. The molecule has 1 heterocycles. The molecule has 30 heavy (non-hydrogen) atoms. The summed E-state index contributed by atoms with van der Waals surface area (Å²) in [6.07, 6.45) is 2.38. The van der Waals surface area contributed by atoms with Crippen LogP contribution >= 0.6 is 23.2 Å². The van der Waals surface area contributed by atoms with Gasteiger partial charge in [0.25, 0.3) is 5.91 Å². The minimum Gasteiger partial charge on any atom is -0.336 e. The third kappa shape index (κ3) is 4.98. The van der Waals surface area contributed by atoms with Crippen LogP contribution in [0, 0.1) is 6.92 Å². The summed E-state index contributed by atoms with van der Waals surface area (Å²) < 4.78 is 24.0. The smallest absolute Gasteiger partial charge is 0.273 e. The van der Waals surface area contributed by atoms with Crippen molar-refractivity contribution in [1.29, 1.82) is 0 Å². The highest BCUT2D eigenvalue weighted by atomic mass is 35.5. The first-order valence-electron chi connectivity index (χ1n) is 8.90. The molecule has 0 atom stereocenters. The van der Waals surface area contributed by atoms with Crippen LogP contribution in [0.25, 0.3) is 11.1 Å². The molecule has 0 spiro atoms. The van der Waals surface area contributed by atoms with Gasteiger partial charge in [-0.2, -0.15) is 0 Å². The molecule has 0 radical (unpaired) electrons. The lowest BCUT2D eigenvalue weighted by Gasteiger charge is -2.19. The van der Waals surface area contributed by atoms with E-state index in [0.29, 0.717) is 15.6 Å². The van der Waals surface area contributed by atoms with Gasteiger partial charge in [0.05, 0.1) is 0 Å². The van der Waals surface area contributed by atoms with Crippen molar-refractivity contribution in [2.75, 3.05) is 13.3 Å². The van der Waals surface area contributed by atoms with E-state index in [1.54, 1.807) is 25.2 Å². The van der Waals surface area contributed by atoms with Gasteiger partial charge < -0.3 is 4.90 Å². The van der Waals surface area contributed by atoms with Crippen LogP contribution in [0.3, 0.4) is 0 Å². The van der Waals surface area contributed by atoms with Gasteiger partial charge in [-0.05, 0) is 41.8 Å². The molecule has 0 saturated heterocycles. The minimum absolute atomic E-state index is 0.00958. The van der Waals surface area contributed by atoms with E-state index in [9.17, 15) is 13.2 Å². The van der Waals surface area contributed by atoms with Crippen molar-refractivity contribution in [2.45, 2.75) is 18.6 Å². The third-order valence-electron chi connectivity index (χ3n) is 4.42. The average molecular weight is 464 g/mol. The van der Waals surface area contributed by atoms with Gasteiger partial charge in [-0.15, -0.1) is 0 Å². The Kier molecular flexibility index (Phi) is 6.45. The summed E-state index contributed by atoms with van der Waals surface area (Å²) in [5.41, 5.74) is 2.86. The Morgan fingerprint density at radius 2 is 1.70 bits per heavy atom. The van der Waals surface area contributed by atoms with Crippen molar-refractivity contribution < 1.29 is 13.2 Å². The van der Waals surface area contributed by atoms with Crippen molar-refractivity contribution >= 4 is 38.9 Å². The number of hydrogen-bond acceptors (Lipinski definition) is 5. The van der Waals surface area contributed by atoms with Crippen LogP contribution in [0.15, 0.2) is 53.8 Å². The van der Waals surface area contributed by atoms with Crippen molar-refractivity contribution in [3.63, 3.8) is 0 Å². The van der Waals surface area contributed by atoms with Crippen LogP contribution in [0.1, 0.15) is 21.6 Å². The number of aryl methyl sites for hydroxylation is 1. The summed E-state index contributed by atoms with van der Waals surface area (Å²) in [5.74, 6) is -0.448. The number of aromatic nitrogens is 2. The monoisotopic (exact) mass is 463 g/mol. The maximum Gasteiger partial charge on any atom is 0.273 e. The molecule has 1 aromatic heterocycles. The number of amides is 1. The molecule has 0 fully saturated rings. The molecule has 3 aromatic rings. The molecule has 0 N–H and O–H groups in total.